The summed E-state index contributed by atoms with van der Waals surface area (Å²) in [6.07, 6.45) is 12.6. The highest BCUT2D eigenvalue weighted by Crippen LogP contribution is 2.44. The van der Waals surface area contributed by atoms with Gasteiger partial charge in [-0.2, -0.15) is 4.98 Å². The minimum absolute atomic E-state index is 0.127. The van der Waals surface area contributed by atoms with E-state index in [9.17, 15) is 18.6 Å². The summed E-state index contributed by atoms with van der Waals surface area (Å²) < 4.78 is 21.9. The molecule has 5 aliphatic heterocycles. The number of nitrogens with zero attached hydrogens (tertiary/aromatic N) is 8. The molecular weight excluding hydrogens is 937 g/mol. The van der Waals surface area contributed by atoms with Crippen molar-refractivity contribution >= 4 is 95.9 Å². The molecule has 0 aliphatic carbocycles. The molecule has 4 fully saturated rings. The monoisotopic (exact) mass is 990 g/mol. The zero-order chi connectivity index (χ0) is 46.4. The number of fused-ring (bicyclic) bond motifs is 2. The van der Waals surface area contributed by atoms with Crippen molar-refractivity contribution in [3.05, 3.63) is 82.2 Å². The number of halogens is 1. The Balaban J connectivity index is 0.723. The number of nitrogens with one attached hydrogen (secondary N) is 4. The van der Waals surface area contributed by atoms with Crippen molar-refractivity contribution < 1.29 is 23.3 Å². The van der Waals surface area contributed by atoms with Crippen molar-refractivity contribution in [2.75, 3.05) is 84.3 Å². The van der Waals surface area contributed by atoms with Gasteiger partial charge in [0.2, 0.25) is 17.8 Å². The molecule has 3 aromatic carbocycles. The Bertz CT molecular complexity index is 2770. The fourth-order valence-corrected chi connectivity index (χ4v) is 11.3. The molecule has 3 amide bonds. The summed E-state index contributed by atoms with van der Waals surface area (Å²) in [5.41, 5.74) is 8.74. The molecule has 0 bridgehead atoms. The third kappa shape index (κ3) is 9.12. The van der Waals surface area contributed by atoms with Crippen LogP contribution in [-0.2, 0) is 33.5 Å². The van der Waals surface area contributed by atoms with E-state index in [0.29, 0.717) is 74.3 Å². The van der Waals surface area contributed by atoms with Gasteiger partial charge in [-0.15, -0.1) is 0 Å². The van der Waals surface area contributed by atoms with E-state index >= 15 is 0 Å². The van der Waals surface area contributed by atoms with Crippen molar-refractivity contribution in [2.24, 2.45) is 11.3 Å². The number of benzene rings is 3. The average molecular weight is 992 g/mol. The molecule has 5 aromatic rings. The third-order valence-corrected chi connectivity index (χ3v) is 15.3. The second kappa shape index (κ2) is 18.6. The molecule has 4 N–H and O–H groups in total. The number of hydrogen-bond acceptors (Lipinski definition) is 14. The molecule has 5 aliphatic rings. The zero-order valence-electron chi connectivity index (χ0n) is 37.9. The summed E-state index contributed by atoms with van der Waals surface area (Å²) in [6, 6.07) is 13.5. The second-order valence-electron chi connectivity index (χ2n) is 18.5. The highest BCUT2D eigenvalue weighted by atomic mass is 79.9. The van der Waals surface area contributed by atoms with Gasteiger partial charge in [0, 0.05) is 99.0 Å². The van der Waals surface area contributed by atoms with Gasteiger partial charge in [0.1, 0.15) is 34.1 Å². The number of aromatic nitrogens is 4. The molecule has 19 heteroatoms. The average Bonchev–Trinajstić information content (AvgIpc) is 3.64. The SMILES string of the molecule is CCc1cc(Nc2ncc(Br)c(Nc3ccc4nccnc4c3NS(C)=O)n2)c(OC)cc1N1CCC(CN2CCC3(CC2)CN(c2ccc4c(c2)CN(C2CCC(=O)NC2=O)C4=O)C3)CC1. The highest BCUT2D eigenvalue weighted by Gasteiger charge is 2.46. The van der Waals surface area contributed by atoms with Crippen LogP contribution >= 0.6 is 15.9 Å². The summed E-state index contributed by atoms with van der Waals surface area (Å²) in [4.78, 5) is 64.9. The van der Waals surface area contributed by atoms with Gasteiger partial charge < -0.3 is 39.7 Å². The molecular formula is C48H55BrN12O5S. The fraction of sp³-hybridized carbons (Fsp3) is 0.438. The van der Waals surface area contributed by atoms with Gasteiger partial charge in [-0.1, -0.05) is 6.92 Å². The van der Waals surface area contributed by atoms with Crippen LogP contribution in [0.1, 0.15) is 66.9 Å². The first-order valence-corrected chi connectivity index (χ1v) is 25.4. The maximum atomic E-state index is 13.2. The van der Waals surface area contributed by atoms with Crippen molar-refractivity contribution in [3.8, 4) is 5.75 Å². The van der Waals surface area contributed by atoms with Crippen LogP contribution in [0, 0.1) is 11.3 Å². The number of ether oxygens (including phenoxy) is 1. The summed E-state index contributed by atoms with van der Waals surface area (Å²) in [7, 11) is 0.332. The van der Waals surface area contributed by atoms with E-state index in [1.54, 1.807) is 36.9 Å². The number of methoxy groups -OCH3 is 1. The lowest BCUT2D eigenvalue weighted by molar-refractivity contribution is -0.136. The first-order chi connectivity index (χ1) is 32.5. The lowest BCUT2D eigenvalue weighted by Crippen LogP contribution is -2.60. The van der Waals surface area contributed by atoms with E-state index in [1.807, 2.05) is 18.2 Å². The van der Waals surface area contributed by atoms with Crippen LogP contribution in [0.15, 0.2) is 65.5 Å². The predicted molar refractivity (Wildman–Crippen MR) is 264 cm³/mol. The van der Waals surface area contributed by atoms with Crippen LogP contribution in [0.4, 0.5) is 40.2 Å². The first kappa shape index (κ1) is 44.9. The summed E-state index contributed by atoms with van der Waals surface area (Å²) in [5.74, 6) is 1.47. The molecule has 0 radical (unpaired) electrons. The zero-order valence-corrected chi connectivity index (χ0v) is 40.3. The number of hydrogen-bond donors (Lipinski definition) is 4. The number of likely N-dealkylation sites (tertiary alicyclic amines) is 1. The van der Waals surface area contributed by atoms with Gasteiger partial charge >= 0.3 is 0 Å². The molecule has 0 saturated carbocycles. The smallest absolute Gasteiger partial charge is 0.255 e. The van der Waals surface area contributed by atoms with Crippen molar-refractivity contribution in [1.82, 2.24) is 35.1 Å². The molecule has 7 heterocycles. The van der Waals surface area contributed by atoms with E-state index in [-0.39, 0.29) is 24.1 Å². The maximum absolute atomic E-state index is 13.2. The fourth-order valence-electron chi connectivity index (χ4n) is 10.6. The molecule has 4 saturated heterocycles. The molecule has 67 heavy (non-hydrogen) atoms. The van der Waals surface area contributed by atoms with Gasteiger partial charge in [-0.3, -0.25) is 29.7 Å². The number of anilines is 7. The highest BCUT2D eigenvalue weighted by molar-refractivity contribution is 9.10. The normalized spacial score (nSPS) is 20.1. The summed E-state index contributed by atoms with van der Waals surface area (Å²) >= 11 is 3.59. The van der Waals surface area contributed by atoms with E-state index in [1.165, 1.54) is 24.1 Å². The Morgan fingerprint density at radius 2 is 1.72 bits per heavy atom. The van der Waals surface area contributed by atoms with Gasteiger partial charge in [0.25, 0.3) is 5.91 Å². The third-order valence-electron chi connectivity index (χ3n) is 14.2. The lowest BCUT2D eigenvalue weighted by atomic mass is 9.71. The van der Waals surface area contributed by atoms with E-state index in [0.717, 1.165) is 82.0 Å². The Morgan fingerprint density at radius 1 is 0.925 bits per heavy atom. The van der Waals surface area contributed by atoms with Crippen LogP contribution in [0.5, 0.6) is 5.75 Å². The maximum Gasteiger partial charge on any atom is 0.255 e. The topological polar surface area (TPSA) is 190 Å². The summed E-state index contributed by atoms with van der Waals surface area (Å²) in [6.45, 7) is 10.0. The molecule has 2 atom stereocenters. The quantitative estimate of drug-likeness (QED) is 0.0933. The Kier molecular flexibility index (Phi) is 12.5. The van der Waals surface area contributed by atoms with E-state index in [2.05, 4.69) is 97.4 Å². The van der Waals surface area contributed by atoms with Crippen LogP contribution in [0.3, 0.4) is 0 Å². The Labute approximate surface area is 400 Å². The van der Waals surface area contributed by atoms with E-state index < -0.39 is 17.0 Å². The minimum atomic E-state index is -1.35. The molecule has 1 spiro atoms. The number of aryl methyl sites for hydroxylation is 1. The molecule has 10 rings (SSSR count). The first-order valence-electron chi connectivity index (χ1n) is 23.1. The summed E-state index contributed by atoms with van der Waals surface area (Å²) in [5, 5.41) is 9.16. The van der Waals surface area contributed by atoms with E-state index in [4.69, 9.17) is 9.72 Å². The van der Waals surface area contributed by atoms with Crippen LogP contribution < -0.4 is 35.2 Å². The van der Waals surface area contributed by atoms with Crippen LogP contribution in [0.25, 0.3) is 11.0 Å². The second-order valence-corrected chi connectivity index (χ2v) is 20.4. The Hall–Kier alpha value is -5.92. The molecule has 2 aromatic heterocycles. The largest absolute Gasteiger partial charge is 0.494 e. The molecule has 350 valence electrons. The van der Waals surface area contributed by atoms with Gasteiger partial charge in [0.05, 0.1) is 34.2 Å². The molecule has 2 unspecified atom stereocenters. The minimum Gasteiger partial charge on any atom is -0.494 e. The number of imide groups is 1. The number of carbonyl (C=O) groups is 3. The Morgan fingerprint density at radius 3 is 2.46 bits per heavy atom. The standard InChI is InChI=1S/C48H55BrN12O5S/c1-4-30-22-37(54-47-52-24-34(49)44(56-47)53-36-8-7-35-42(51-16-15-50-35)43(36)57-67(3)65)40(66-2)23-39(30)59-17-11-29(12-18-59)25-58-19-13-48(14-20-58)27-60(28-48)32-5-6-33-31(21-32)26-61(46(33)64)38-9-10-41(62)55-45(38)63/h5-8,15-16,21-24,29,38,57H,4,9-14,17-20,25-28H2,1-3H3,(H,55,62,63)(H2,52,53,54,56). The van der Waals surface area contributed by atoms with Crippen LogP contribution in [-0.4, -0.2) is 117 Å². The number of amides is 3. The lowest BCUT2D eigenvalue weighted by Gasteiger charge is -2.55. The number of carbonyl (C=O) groups excluding carboxylic acids is 3. The van der Waals surface area contributed by atoms with Gasteiger partial charge in [-0.05, 0) is 121 Å². The van der Waals surface area contributed by atoms with Crippen molar-refractivity contribution in [3.63, 3.8) is 0 Å². The van der Waals surface area contributed by atoms with Gasteiger partial charge in [0.15, 0.2) is 0 Å². The number of piperidine rings is 3. The number of rotatable bonds is 13. The van der Waals surface area contributed by atoms with Gasteiger partial charge in [-0.25, -0.2) is 9.19 Å². The van der Waals surface area contributed by atoms with Crippen LogP contribution in [0.2, 0.25) is 0 Å². The molecule has 17 nitrogen and oxygen atoms in total. The van der Waals surface area contributed by atoms with Crippen molar-refractivity contribution in [2.45, 2.75) is 64.5 Å². The van der Waals surface area contributed by atoms with Crippen molar-refractivity contribution in [1.29, 1.82) is 0 Å². The predicted octanol–water partition coefficient (Wildman–Crippen LogP) is 6.53.